The number of benzene rings is 1. The number of halogens is 1. The Bertz CT molecular complexity index is 749. The van der Waals surface area contributed by atoms with Gasteiger partial charge in [-0.25, -0.2) is 9.78 Å². The number of hydrogen-bond donors (Lipinski definition) is 2. The van der Waals surface area contributed by atoms with Crippen molar-refractivity contribution in [2.75, 3.05) is 0 Å². The maximum Gasteiger partial charge on any atom is 0.408 e. The van der Waals surface area contributed by atoms with Gasteiger partial charge < -0.3 is 10.1 Å². The molecule has 3 rings (SSSR count). The third-order valence-corrected chi connectivity index (χ3v) is 5.36. The van der Waals surface area contributed by atoms with Crippen LogP contribution < -0.4 is 0 Å². The summed E-state index contributed by atoms with van der Waals surface area (Å²) in [7, 11) is 0. The summed E-state index contributed by atoms with van der Waals surface area (Å²) in [6.45, 7) is 5.85. The molecule has 1 saturated carbocycles. The molecule has 134 valence electrons. The van der Waals surface area contributed by atoms with Gasteiger partial charge in [-0.05, 0) is 45.7 Å². The smallest absolute Gasteiger partial charge is 0.408 e. The average molecular weight is 406 g/mol. The van der Waals surface area contributed by atoms with E-state index in [1.807, 2.05) is 51.2 Å². The van der Waals surface area contributed by atoms with Crippen molar-refractivity contribution >= 4 is 22.0 Å². The zero-order valence-electron chi connectivity index (χ0n) is 14.8. The number of aromatic amines is 1. The molecule has 1 aliphatic carbocycles. The number of carbonyl (C=O) groups is 1. The van der Waals surface area contributed by atoms with Crippen LogP contribution in [0.5, 0.6) is 0 Å². The first kappa shape index (κ1) is 18.0. The van der Waals surface area contributed by atoms with Crippen molar-refractivity contribution in [3.63, 3.8) is 0 Å². The molecule has 0 aliphatic heterocycles. The number of hydrogen-bond acceptors (Lipinski definition) is 2. The summed E-state index contributed by atoms with van der Waals surface area (Å²) in [4.78, 5) is 21.5. The van der Waals surface area contributed by atoms with Crippen molar-refractivity contribution in [3.05, 3.63) is 40.8 Å². The highest BCUT2D eigenvalue weighted by Crippen LogP contribution is 2.39. The SMILES string of the molecule is CC(C)(C)N(C(=O)O)[C@H]1CCC[C@H]1c1nc(-c2ccc(Br)cc2)c[nH]1. The minimum absolute atomic E-state index is 0.0404. The predicted octanol–water partition coefficient (Wildman–Crippen LogP) is 5.25. The molecule has 1 aromatic heterocycles. The summed E-state index contributed by atoms with van der Waals surface area (Å²) in [5, 5.41) is 9.73. The van der Waals surface area contributed by atoms with Crippen molar-refractivity contribution in [2.45, 2.75) is 57.5 Å². The minimum Gasteiger partial charge on any atom is -0.465 e. The molecule has 1 aliphatic rings. The lowest BCUT2D eigenvalue weighted by Crippen LogP contribution is -2.52. The van der Waals surface area contributed by atoms with Crippen LogP contribution in [0.25, 0.3) is 11.3 Å². The third kappa shape index (κ3) is 3.73. The lowest BCUT2D eigenvalue weighted by Gasteiger charge is -2.40. The third-order valence-electron chi connectivity index (χ3n) is 4.83. The molecule has 1 fully saturated rings. The van der Waals surface area contributed by atoms with Crippen LogP contribution in [-0.4, -0.2) is 37.6 Å². The van der Waals surface area contributed by atoms with Gasteiger partial charge in [0.15, 0.2) is 0 Å². The monoisotopic (exact) mass is 405 g/mol. The zero-order valence-corrected chi connectivity index (χ0v) is 16.4. The molecule has 1 amide bonds. The van der Waals surface area contributed by atoms with Gasteiger partial charge in [-0.2, -0.15) is 0 Å². The number of nitrogens with one attached hydrogen (secondary N) is 1. The van der Waals surface area contributed by atoms with Crippen LogP contribution in [0.2, 0.25) is 0 Å². The van der Waals surface area contributed by atoms with Gasteiger partial charge in [0, 0.05) is 33.7 Å². The number of H-pyrrole nitrogens is 1. The molecule has 25 heavy (non-hydrogen) atoms. The van der Waals surface area contributed by atoms with Gasteiger partial charge >= 0.3 is 6.09 Å². The number of amides is 1. The van der Waals surface area contributed by atoms with Gasteiger partial charge in [0.05, 0.1) is 5.69 Å². The van der Waals surface area contributed by atoms with E-state index in [0.717, 1.165) is 40.8 Å². The molecule has 0 bridgehead atoms. The standard InChI is InChI=1S/C19H24BrN3O2/c1-19(2,3)23(18(24)25)16-6-4-5-14(16)17-21-11-15(22-17)12-7-9-13(20)10-8-12/h7-11,14,16H,4-6H2,1-3H3,(H,21,22)(H,24,25)/t14-,16+/m1/s1. The van der Waals surface area contributed by atoms with Gasteiger partial charge in [-0.15, -0.1) is 0 Å². The van der Waals surface area contributed by atoms with E-state index in [2.05, 4.69) is 20.9 Å². The van der Waals surface area contributed by atoms with E-state index in [4.69, 9.17) is 4.98 Å². The number of imidazole rings is 1. The van der Waals surface area contributed by atoms with Crippen molar-refractivity contribution < 1.29 is 9.90 Å². The summed E-state index contributed by atoms with van der Waals surface area (Å²) in [6.07, 6.45) is 3.91. The van der Waals surface area contributed by atoms with Crippen LogP contribution in [0, 0.1) is 0 Å². The normalized spacial score (nSPS) is 20.6. The van der Waals surface area contributed by atoms with Gasteiger partial charge in [0.2, 0.25) is 0 Å². The van der Waals surface area contributed by atoms with Crippen molar-refractivity contribution in [1.82, 2.24) is 14.9 Å². The molecule has 1 aromatic carbocycles. The molecule has 0 radical (unpaired) electrons. The Hall–Kier alpha value is -1.82. The zero-order chi connectivity index (χ0) is 18.2. The van der Waals surface area contributed by atoms with Crippen LogP contribution in [0.15, 0.2) is 34.9 Å². The van der Waals surface area contributed by atoms with Crippen LogP contribution in [-0.2, 0) is 0 Å². The molecule has 2 aromatic rings. The fourth-order valence-corrected chi connectivity index (χ4v) is 4.05. The molecule has 2 N–H and O–H groups in total. The summed E-state index contributed by atoms with van der Waals surface area (Å²) < 4.78 is 1.03. The highest BCUT2D eigenvalue weighted by atomic mass is 79.9. The fourth-order valence-electron chi connectivity index (χ4n) is 3.79. The highest BCUT2D eigenvalue weighted by molar-refractivity contribution is 9.10. The Morgan fingerprint density at radius 1 is 1.28 bits per heavy atom. The lowest BCUT2D eigenvalue weighted by molar-refractivity contribution is 0.0658. The van der Waals surface area contributed by atoms with E-state index >= 15 is 0 Å². The summed E-state index contributed by atoms with van der Waals surface area (Å²) in [6, 6.07) is 7.99. The van der Waals surface area contributed by atoms with Crippen molar-refractivity contribution in [2.24, 2.45) is 0 Å². The summed E-state index contributed by atoms with van der Waals surface area (Å²) >= 11 is 3.44. The molecule has 5 nitrogen and oxygen atoms in total. The first-order valence-electron chi connectivity index (χ1n) is 8.61. The highest BCUT2D eigenvalue weighted by Gasteiger charge is 2.41. The second-order valence-electron chi connectivity index (χ2n) is 7.61. The Morgan fingerprint density at radius 3 is 2.56 bits per heavy atom. The second-order valence-corrected chi connectivity index (χ2v) is 8.52. The van der Waals surface area contributed by atoms with E-state index < -0.39 is 11.6 Å². The van der Waals surface area contributed by atoms with E-state index in [-0.39, 0.29) is 12.0 Å². The maximum atomic E-state index is 11.9. The number of nitrogens with zero attached hydrogens (tertiary/aromatic N) is 2. The Morgan fingerprint density at radius 2 is 1.96 bits per heavy atom. The lowest BCUT2D eigenvalue weighted by atomic mass is 9.96. The maximum absolute atomic E-state index is 11.9. The molecule has 0 unspecified atom stereocenters. The van der Waals surface area contributed by atoms with E-state index in [9.17, 15) is 9.90 Å². The Labute approximate surface area is 156 Å². The molecule has 0 saturated heterocycles. The van der Waals surface area contributed by atoms with Crippen LogP contribution in [0.4, 0.5) is 4.79 Å². The number of rotatable bonds is 3. The summed E-state index contributed by atoms with van der Waals surface area (Å²) in [5.74, 6) is 0.996. The van der Waals surface area contributed by atoms with Gasteiger partial charge in [0.1, 0.15) is 5.82 Å². The molecule has 1 heterocycles. The van der Waals surface area contributed by atoms with Crippen molar-refractivity contribution in [1.29, 1.82) is 0 Å². The number of carboxylic acid groups (broad SMARTS) is 1. The fraction of sp³-hybridized carbons (Fsp3) is 0.474. The van der Waals surface area contributed by atoms with E-state index in [1.54, 1.807) is 4.90 Å². The Kier molecular flexibility index (Phi) is 4.91. The minimum atomic E-state index is -0.857. The summed E-state index contributed by atoms with van der Waals surface area (Å²) in [5.41, 5.74) is 1.51. The average Bonchev–Trinajstić information content (AvgIpc) is 3.15. The molecular formula is C19H24BrN3O2. The first-order chi connectivity index (χ1) is 11.8. The molecule has 2 atom stereocenters. The molecular weight excluding hydrogens is 382 g/mol. The molecule has 0 spiro atoms. The van der Waals surface area contributed by atoms with Crippen LogP contribution in [0.1, 0.15) is 51.8 Å². The largest absolute Gasteiger partial charge is 0.465 e. The molecule has 6 heteroatoms. The topological polar surface area (TPSA) is 69.2 Å². The van der Waals surface area contributed by atoms with Crippen LogP contribution in [0.3, 0.4) is 0 Å². The Balaban J connectivity index is 1.88. The first-order valence-corrected chi connectivity index (χ1v) is 9.40. The van der Waals surface area contributed by atoms with Crippen molar-refractivity contribution in [3.8, 4) is 11.3 Å². The number of aromatic nitrogens is 2. The second kappa shape index (κ2) is 6.83. The van der Waals surface area contributed by atoms with E-state index in [1.165, 1.54) is 0 Å². The predicted molar refractivity (Wildman–Crippen MR) is 102 cm³/mol. The van der Waals surface area contributed by atoms with Gasteiger partial charge in [-0.3, -0.25) is 4.90 Å². The van der Waals surface area contributed by atoms with E-state index in [0.29, 0.717) is 0 Å². The van der Waals surface area contributed by atoms with Gasteiger partial charge in [0.25, 0.3) is 0 Å². The van der Waals surface area contributed by atoms with Gasteiger partial charge in [-0.1, -0.05) is 34.5 Å². The van der Waals surface area contributed by atoms with Crippen LogP contribution >= 0.6 is 15.9 Å². The quantitative estimate of drug-likeness (QED) is 0.731.